The fraction of sp³-hybridized carbons (Fsp3) is 0.643. The van der Waals surface area contributed by atoms with Gasteiger partial charge in [-0.05, 0) is 25.2 Å². The maximum atomic E-state index is 11.8. The van der Waals surface area contributed by atoms with Crippen molar-refractivity contribution in [1.29, 1.82) is 0 Å². The van der Waals surface area contributed by atoms with Crippen LogP contribution in [0.3, 0.4) is 0 Å². The minimum absolute atomic E-state index is 0.0142. The summed E-state index contributed by atoms with van der Waals surface area (Å²) in [6.45, 7) is 6.33. The van der Waals surface area contributed by atoms with Gasteiger partial charge in [0.25, 0.3) is 0 Å². The average molecular weight is 308 g/mol. The number of aromatic nitrogens is 1. The van der Waals surface area contributed by atoms with Crippen LogP contribution in [-0.4, -0.2) is 29.4 Å². The van der Waals surface area contributed by atoms with Crippen molar-refractivity contribution in [2.75, 3.05) is 11.4 Å². The van der Waals surface area contributed by atoms with E-state index in [-0.39, 0.29) is 35.9 Å². The molecule has 0 radical (unpaired) electrons. The molecule has 2 unspecified atom stereocenters. The number of piperazine rings is 1. The van der Waals surface area contributed by atoms with Gasteiger partial charge in [-0.25, -0.2) is 4.98 Å². The van der Waals surface area contributed by atoms with Crippen LogP contribution in [0.15, 0.2) is 0 Å². The molecular weight excluding hydrogens is 288 g/mol. The number of hydrogen-bond donors (Lipinski definition) is 2. The van der Waals surface area contributed by atoms with Crippen LogP contribution in [-0.2, 0) is 16.0 Å². The number of nitrogens with one attached hydrogen (secondary N) is 1. The number of thiazole rings is 1. The van der Waals surface area contributed by atoms with Gasteiger partial charge in [0.05, 0.1) is 5.69 Å². The molecule has 0 aromatic carbocycles. The Bertz CT molecular complexity index is 610. The molecule has 6 nitrogen and oxygen atoms in total. The summed E-state index contributed by atoms with van der Waals surface area (Å²) in [5, 5.41) is 3.07. The van der Waals surface area contributed by atoms with Crippen molar-refractivity contribution in [2.24, 2.45) is 11.1 Å². The third-order valence-corrected chi connectivity index (χ3v) is 5.41. The largest absolute Gasteiger partial charge is 0.327 e. The Morgan fingerprint density at radius 3 is 2.86 bits per heavy atom. The van der Waals surface area contributed by atoms with Crippen molar-refractivity contribution in [3.63, 3.8) is 0 Å². The lowest BCUT2D eigenvalue weighted by Crippen LogP contribution is -2.57. The van der Waals surface area contributed by atoms with E-state index in [4.69, 9.17) is 5.73 Å². The van der Waals surface area contributed by atoms with Gasteiger partial charge in [0, 0.05) is 10.9 Å². The summed E-state index contributed by atoms with van der Waals surface area (Å²) in [5.74, 6) is -0.556. The number of hydrogen-bond acceptors (Lipinski definition) is 6. The summed E-state index contributed by atoms with van der Waals surface area (Å²) in [4.78, 5) is 30.9. The van der Waals surface area contributed by atoms with E-state index in [2.05, 4.69) is 24.1 Å². The Hall–Kier alpha value is -1.47. The number of rotatable bonds is 1. The van der Waals surface area contributed by atoms with Gasteiger partial charge in [0.2, 0.25) is 11.8 Å². The fourth-order valence-corrected chi connectivity index (χ4v) is 4.21. The third kappa shape index (κ3) is 2.55. The number of imide groups is 1. The zero-order valence-corrected chi connectivity index (χ0v) is 13.3. The fourth-order valence-electron chi connectivity index (χ4n) is 3.05. The average Bonchev–Trinajstić information content (AvgIpc) is 2.76. The predicted molar refractivity (Wildman–Crippen MR) is 81.1 cm³/mol. The Morgan fingerprint density at radius 2 is 2.14 bits per heavy atom. The first kappa shape index (κ1) is 14.5. The first-order valence-electron chi connectivity index (χ1n) is 7.12. The lowest BCUT2D eigenvalue weighted by atomic mass is 9.77. The highest BCUT2D eigenvalue weighted by molar-refractivity contribution is 7.15. The van der Waals surface area contributed by atoms with Gasteiger partial charge in [-0.2, -0.15) is 0 Å². The standard InChI is InChI=1S/C14H20N4O2S/c1-7-12(20)17-10(19)6-18(7)13-16-9-5-14(2,3)4-8(15)11(9)21-13/h7-8H,4-6,15H2,1-3H3,(H,17,19,20). The van der Waals surface area contributed by atoms with E-state index in [0.29, 0.717) is 0 Å². The normalized spacial score (nSPS) is 28.3. The van der Waals surface area contributed by atoms with Crippen molar-refractivity contribution in [3.05, 3.63) is 10.6 Å². The zero-order chi connectivity index (χ0) is 15.4. The highest BCUT2D eigenvalue weighted by atomic mass is 32.1. The molecule has 1 fully saturated rings. The number of carbonyl (C=O) groups excluding carboxylic acids is 2. The van der Waals surface area contributed by atoms with Crippen molar-refractivity contribution >= 4 is 28.3 Å². The summed E-state index contributed by atoms with van der Waals surface area (Å²) >= 11 is 1.52. The molecule has 0 bridgehead atoms. The first-order valence-corrected chi connectivity index (χ1v) is 7.94. The lowest BCUT2D eigenvalue weighted by molar-refractivity contribution is -0.132. The van der Waals surface area contributed by atoms with Gasteiger partial charge in [-0.15, -0.1) is 0 Å². The third-order valence-electron chi connectivity index (χ3n) is 4.14. The predicted octanol–water partition coefficient (Wildman–Crippen LogP) is 0.967. The molecule has 1 aromatic heterocycles. The molecule has 1 aromatic rings. The van der Waals surface area contributed by atoms with E-state index in [1.807, 2.05) is 0 Å². The molecule has 21 heavy (non-hydrogen) atoms. The Labute approximate surface area is 127 Å². The summed E-state index contributed by atoms with van der Waals surface area (Å²) in [5.41, 5.74) is 7.42. The Morgan fingerprint density at radius 1 is 1.43 bits per heavy atom. The van der Waals surface area contributed by atoms with Gasteiger partial charge < -0.3 is 10.6 Å². The molecule has 3 N–H and O–H groups in total. The highest BCUT2D eigenvalue weighted by Crippen LogP contribution is 2.44. The van der Waals surface area contributed by atoms with Crippen molar-refractivity contribution in [1.82, 2.24) is 10.3 Å². The Balaban J connectivity index is 1.94. The van der Waals surface area contributed by atoms with Crippen LogP contribution >= 0.6 is 11.3 Å². The van der Waals surface area contributed by atoms with Gasteiger partial charge in [0.1, 0.15) is 12.6 Å². The minimum atomic E-state index is -0.389. The second-order valence-electron chi connectivity index (χ2n) is 6.68. The molecule has 2 atom stereocenters. The molecular formula is C14H20N4O2S. The summed E-state index contributed by atoms with van der Waals surface area (Å²) in [7, 11) is 0. The van der Waals surface area contributed by atoms with Crippen LogP contribution < -0.4 is 16.0 Å². The molecule has 114 valence electrons. The number of amides is 2. The first-order chi connectivity index (χ1) is 9.77. The second-order valence-corrected chi connectivity index (χ2v) is 7.68. The quantitative estimate of drug-likeness (QED) is 0.755. The van der Waals surface area contributed by atoms with Crippen LogP contribution in [0.4, 0.5) is 5.13 Å². The molecule has 0 spiro atoms. The summed E-state index contributed by atoms with van der Waals surface area (Å²) in [6, 6.07) is -0.404. The number of fused-ring (bicyclic) bond motifs is 1. The van der Waals surface area contributed by atoms with E-state index in [1.54, 1.807) is 11.8 Å². The number of nitrogens with zero attached hydrogens (tertiary/aromatic N) is 2. The molecule has 3 rings (SSSR count). The van der Waals surface area contributed by atoms with Gasteiger partial charge in [0.15, 0.2) is 5.13 Å². The van der Waals surface area contributed by atoms with E-state index in [1.165, 1.54) is 11.3 Å². The van der Waals surface area contributed by atoms with E-state index < -0.39 is 0 Å². The van der Waals surface area contributed by atoms with Crippen molar-refractivity contribution in [2.45, 2.75) is 45.7 Å². The van der Waals surface area contributed by atoms with Gasteiger partial charge in [-0.3, -0.25) is 14.9 Å². The topological polar surface area (TPSA) is 88.3 Å². The molecule has 1 aliphatic carbocycles. The Kier molecular flexibility index (Phi) is 3.29. The monoisotopic (exact) mass is 308 g/mol. The van der Waals surface area contributed by atoms with Crippen molar-refractivity contribution < 1.29 is 9.59 Å². The van der Waals surface area contributed by atoms with Crippen LogP contribution in [0, 0.1) is 5.41 Å². The molecule has 1 saturated heterocycles. The maximum Gasteiger partial charge on any atom is 0.249 e. The second kappa shape index (κ2) is 4.78. The molecule has 7 heteroatoms. The number of carbonyl (C=O) groups is 2. The van der Waals surface area contributed by atoms with E-state index in [9.17, 15) is 9.59 Å². The minimum Gasteiger partial charge on any atom is -0.327 e. The highest BCUT2D eigenvalue weighted by Gasteiger charge is 2.37. The zero-order valence-electron chi connectivity index (χ0n) is 12.5. The lowest BCUT2D eigenvalue weighted by Gasteiger charge is -2.32. The number of nitrogens with two attached hydrogens (primary N) is 1. The van der Waals surface area contributed by atoms with Crippen LogP contribution in [0.5, 0.6) is 0 Å². The molecule has 1 aliphatic heterocycles. The SMILES string of the molecule is CC1C(=O)NC(=O)CN1c1nc2c(s1)C(N)CC(C)(C)C2. The summed E-state index contributed by atoms with van der Waals surface area (Å²) < 4.78 is 0. The van der Waals surface area contributed by atoms with E-state index >= 15 is 0 Å². The van der Waals surface area contributed by atoms with Crippen LogP contribution in [0.25, 0.3) is 0 Å². The van der Waals surface area contributed by atoms with E-state index in [0.717, 1.165) is 28.5 Å². The van der Waals surface area contributed by atoms with Gasteiger partial charge in [-0.1, -0.05) is 25.2 Å². The molecule has 2 aliphatic rings. The maximum absolute atomic E-state index is 11.8. The molecule has 2 amide bonds. The smallest absolute Gasteiger partial charge is 0.249 e. The molecule has 2 heterocycles. The summed E-state index contributed by atoms with van der Waals surface area (Å²) in [6.07, 6.45) is 1.81. The van der Waals surface area contributed by atoms with Crippen molar-refractivity contribution in [3.8, 4) is 0 Å². The van der Waals surface area contributed by atoms with Crippen LogP contribution in [0.1, 0.15) is 43.8 Å². The van der Waals surface area contributed by atoms with Crippen LogP contribution in [0.2, 0.25) is 0 Å². The molecule has 0 saturated carbocycles. The van der Waals surface area contributed by atoms with Gasteiger partial charge >= 0.3 is 0 Å². The number of anilines is 1.